The van der Waals surface area contributed by atoms with Crippen LogP contribution in [0.4, 0.5) is 0 Å². The van der Waals surface area contributed by atoms with Crippen LogP contribution >= 0.6 is 11.3 Å². The summed E-state index contributed by atoms with van der Waals surface area (Å²) in [6, 6.07) is 7.78. The quantitative estimate of drug-likeness (QED) is 0.886. The maximum Gasteiger partial charge on any atom is 0.261 e. The molecule has 1 fully saturated rings. The second kappa shape index (κ2) is 7.44. The average Bonchev–Trinajstić information content (AvgIpc) is 3.25. The topological polar surface area (TPSA) is 71.9 Å². The van der Waals surface area contributed by atoms with Gasteiger partial charge in [-0.2, -0.15) is 5.26 Å². The van der Waals surface area contributed by atoms with Crippen LogP contribution in [0.15, 0.2) is 29.8 Å². The predicted molar refractivity (Wildman–Crippen MR) is 90.2 cm³/mol. The Bertz CT molecular complexity index is 678. The molecule has 3 heterocycles. The number of carbonyl (C=O) groups excluding carboxylic acids is 1. The molecule has 0 saturated carbocycles. The van der Waals surface area contributed by atoms with E-state index in [1.165, 1.54) is 11.3 Å². The largest absolute Gasteiger partial charge is 0.353 e. The lowest BCUT2D eigenvalue weighted by Crippen LogP contribution is -2.38. The van der Waals surface area contributed by atoms with Crippen LogP contribution in [0.1, 0.15) is 33.8 Å². The summed E-state index contributed by atoms with van der Waals surface area (Å²) in [7, 11) is 0. The number of nitrogens with zero attached hydrogens (tertiary/aromatic N) is 2. The Morgan fingerprint density at radius 2 is 2.30 bits per heavy atom. The van der Waals surface area contributed by atoms with Crippen molar-refractivity contribution in [1.29, 1.82) is 5.26 Å². The van der Waals surface area contributed by atoms with Crippen LogP contribution in [0, 0.1) is 17.2 Å². The lowest BCUT2D eigenvalue weighted by atomic mass is 9.96. The maximum atomic E-state index is 11.9. The minimum absolute atomic E-state index is 0.0405. The highest BCUT2D eigenvalue weighted by molar-refractivity contribution is 7.12. The fourth-order valence-corrected chi connectivity index (χ4v) is 3.57. The Labute approximate surface area is 139 Å². The van der Waals surface area contributed by atoms with Gasteiger partial charge in [0, 0.05) is 19.3 Å². The summed E-state index contributed by atoms with van der Waals surface area (Å²) in [5.74, 6) is 0.592. The molecule has 0 aromatic carbocycles. The van der Waals surface area contributed by atoms with Gasteiger partial charge < -0.3 is 10.3 Å². The van der Waals surface area contributed by atoms with Crippen molar-refractivity contribution in [2.75, 3.05) is 19.6 Å². The Morgan fingerprint density at radius 3 is 2.96 bits per heavy atom. The lowest BCUT2D eigenvalue weighted by molar-refractivity contribution is 0.0939. The fourth-order valence-electron chi connectivity index (χ4n) is 2.93. The van der Waals surface area contributed by atoms with Crippen molar-refractivity contribution < 1.29 is 4.79 Å². The fraction of sp³-hybridized carbons (Fsp3) is 0.412. The number of rotatable bonds is 5. The summed E-state index contributed by atoms with van der Waals surface area (Å²) in [6.45, 7) is 3.71. The first kappa shape index (κ1) is 15.8. The molecular weight excluding hydrogens is 308 g/mol. The number of H-pyrrole nitrogens is 1. The SMILES string of the molecule is N#Cc1cc(CN2CCC(CNC(=O)c3cccs3)CC2)c[nH]1. The molecule has 5 nitrogen and oxygen atoms in total. The molecule has 0 atom stereocenters. The molecule has 1 aliphatic heterocycles. The molecule has 0 aliphatic carbocycles. The summed E-state index contributed by atoms with van der Waals surface area (Å²) in [5.41, 5.74) is 1.78. The van der Waals surface area contributed by atoms with Gasteiger partial charge in [0.25, 0.3) is 5.91 Å². The van der Waals surface area contributed by atoms with Crippen LogP contribution in [-0.2, 0) is 6.54 Å². The molecule has 23 heavy (non-hydrogen) atoms. The van der Waals surface area contributed by atoms with Crippen LogP contribution in [0.2, 0.25) is 0 Å². The van der Waals surface area contributed by atoms with Gasteiger partial charge >= 0.3 is 0 Å². The van der Waals surface area contributed by atoms with Crippen molar-refractivity contribution in [2.45, 2.75) is 19.4 Å². The first-order valence-electron chi connectivity index (χ1n) is 7.86. The van der Waals surface area contributed by atoms with E-state index in [-0.39, 0.29) is 5.91 Å². The van der Waals surface area contributed by atoms with Gasteiger partial charge in [0.15, 0.2) is 0 Å². The smallest absolute Gasteiger partial charge is 0.261 e. The van der Waals surface area contributed by atoms with Gasteiger partial charge in [-0.05, 0) is 54.9 Å². The molecule has 0 bridgehead atoms. The Morgan fingerprint density at radius 1 is 1.48 bits per heavy atom. The molecular formula is C17H20N4OS. The first-order chi connectivity index (χ1) is 11.2. The Balaban J connectivity index is 1.40. The van der Waals surface area contributed by atoms with Crippen LogP contribution in [-0.4, -0.2) is 35.4 Å². The highest BCUT2D eigenvalue weighted by Gasteiger charge is 2.20. The number of thiophene rings is 1. The zero-order valence-corrected chi connectivity index (χ0v) is 13.7. The zero-order chi connectivity index (χ0) is 16.1. The molecule has 0 unspecified atom stereocenters. The summed E-state index contributed by atoms with van der Waals surface area (Å²) in [4.78, 5) is 18.1. The second-order valence-corrected chi connectivity index (χ2v) is 6.89. The van der Waals surface area contributed by atoms with Crippen LogP contribution in [0.3, 0.4) is 0 Å². The molecule has 120 valence electrons. The van der Waals surface area contributed by atoms with Gasteiger partial charge in [-0.1, -0.05) is 6.07 Å². The monoisotopic (exact) mass is 328 g/mol. The van der Waals surface area contributed by atoms with Gasteiger partial charge in [-0.25, -0.2) is 0 Å². The first-order valence-corrected chi connectivity index (χ1v) is 8.74. The minimum Gasteiger partial charge on any atom is -0.353 e. The van der Waals surface area contributed by atoms with Crippen LogP contribution < -0.4 is 5.32 Å². The number of hydrogen-bond donors (Lipinski definition) is 2. The minimum atomic E-state index is 0.0405. The number of carbonyl (C=O) groups is 1. The van der Waals surface area contributed by atoms with Gasteiger partial charge in [0.1, 0.15) is 11.8 Å². The third-order valence-electron chi connectivity index (χ3n) is 4.27. The number of hydrogen-bond acceptors (Lipinski definition) is 4. The number of aromatic amines is 1. The van der Waals surface area contributed by atoms with E-state index in [4.69, 9.17) is 5.26 Å². The molecule has 1 saturated heterocycles. The van der Waals surface area contributed by atoms with Crippen molar-refractivity contribution in [3.63, 3.8) is 0 Å². The van der Waals surface area contributed by atoms with E-state index in [1.54, 1.807) is 0 Å². The Hall–Kier alpha value is -2.10. The zero-order valence-electron chi connectivity index (χ0n) is 12.9. The highest BCUT2D eigenvalue weighted by Crippen LogP contribution is 2.19. The predicted octanol–water partition coefficient (Wildman–Crippen LogP) is 2.59. The van der Waals surface area contributed by atoms with Gasteiger partial charge in [-0.15, -0.1) is 11.3 Å². The molecule has 1 amide bonds. The van der Waals surface area contributed by atoms with Crippen molar-refractivity contribution in [1.82, 2.24) is 15.2 Å². The van der Waals surface area contributed by atoms with Gasteiger partial charge in [-0.3, -0.25) is 9.69 Å². The van der Waals surface area contributed by atoms with Crippen molar-refractivity contribution in [2.24, 2.45) is 5.92 Å². The molecule has 6 heteroatoms. The molecule has 2 N–H and O–H groups in total. The molecule has 3 rings (SSSR count). The maximum absolute atomic E-state index is 11.9. The van der Waals surface area contributed by atoms with E-state index >= 15 is 0 Å². The third kappa shape index (κ3) is 4.21. The van der Waals surface area contributed by atoms with Crippen molar-refractivity contribution in [3.05, 3.63) is 45.9 Å². The third-order valence-corrected chi connectivity index (χ3v) is 5.14. The average molecular weight is 328 g/mol. The van der Waals surface area contributed by atoms with E-state index in [1.807, 2.05) is 29.8 Å². The van der Waals surface area contributed by atoms with Crippen LogP contribution in [0.5, 0.6) is 0 Å². The number of amides is 1. The summed E-state index contributed by atoms with van der Waals surface area (Å²) >= 11 is 1.48. The van der Waals surface area contributed by atoms with E-state index < -0.39 is 0 Å². The van der Waals surface area contributed by atoms with Crippen molar-refractivity contribution in [3.8, 4) is 6.07 Å². The Kier molecular flexibility index (Phi) is 5.11. The van der Waals surface area contributed by atoms with Gasteiger partial charge in [0.05, 0.1) is 4.88 Å². The van der Waals surface area contributed by atoms with E-state index in [9.17, 15) is 4.79 Å². The molecule has 2 aromatic heterocycles. The molecule has 1 aliphatic rings. The lowest BCUT2D eigenvalue weighted by Gasteiger charge is -2.31. The van der Waals surface area contributed by atoms with Crippen LogP contribution in [0.25, 0.3) is 0 Å². The highest BCUT2D eigenvalue weighted by atomic mass is 32.1. The summed E-state index contributed by atoms with van der Waals surface area (Å²) in [5, 5.41) is 13.8. The molecule has 2 aromatic rings. The van der Waals surface area contributed by atoms with Gasteiger partial charge in [0.2, 0.25) is 0 Å². The van der Waals surface area contributed by atoms with E-state index in [0.717, 1.165) is 49.5 Å². The second-order valence-electron chi connectivity index (χ2n) is 5.94. The van der Waals surface area contributed by atoms with E-state index in [0.29, 0.717) is 11.6 Å². The standard InChI is InChI=1S/C17H20N4OS/c18-9-15-8-14(11-19-15)12-21-5-3-13(4-6-21)10-20-17(22)16-2-1-7-23-16/h1-2,7-8,11,13,19H,3-6,10,12H2,(H,20,22). The number of nitriles is 1. The number of piperidine rings is 1. The summed E-state index contributed by atoms with van der Waals surface area (Å²) in [6.07, 6.45) is 4.10. The number of likely N-dealkylation sites (tertiary alicyclic amines) is 1. The van der Waals surface area contributed by atoms with Crippen molar-refractivity contribution >= 4 is 17.2 Å². The number of nitrogens with one attached hydrogen (secondary N) is 2. The molecule has 0 radical (unpaired) electrons. The number of aromatic nitrogens is 1. The van der Waals surface area contributed by atoms with E-state index in [2.05, 4.69) is 21.3 Å². The normalized spacial score (nSPS) is 16.1. The summed E-state index contributed by atoms with van der Waals surface area (Å²) < 4.78 is 0. The molecule has 0 spiro atoms.